The third kappa shape index (κ3) is 7.16. The number of nitrogens with one attached hydrogen (secondary N) is 1. The van der Waals surface area contributed by atoms with Gasteiger partial charge in [-0.05, 0) is 73.3 Å². The summed E-state index contributed by atoms with van der Waals surface area (Å²) in [6.07, 6.45) is 2.75. The smallest absolute Gasteiger partial charge is 0.265 e. The lowest BCUT2D eigenvalue weighted by molar-refractivity contribution is -0.121. The molecule has 6 rings (SSSR count). The molecule has 1 N–H and O–H groups in total. The molecule has 0 radical (unpaired) electrons. The summed E-state index contributed by atoms with van der Waals surface area (Å²) in [5, 5.41) is 3.50. The summed E-state index contributed by atoms with van der Waals surface area (Å²) in [5.74, 6) is 1.06. The Hall–Kier alpha value is -3.92. The Morgan fingerprint density at radius 1 is 1.07 bits per heavy atom. The monoisotopic (exact) mass is 612 g/mol. The van der Waals surface area contributed by atoms with Crippen molar-refractivity contribution in [3.63, 3.8) is 0 Å². The number of fused-ring (bicyclic) bond motifs is 1. The third-order valence-electron chi connectivity index (χ3n) is 9.33. The number of carbonyl (C=O) groups excluding carboxylic acids is 2. The molecule has 0 aliphatic carbocycles. The lowest BCUT2D eigenvalue weighted by Gasteiger charge is -2.33. The molecular weight excluding hydrogens is 568 g/mol. The Morgan fingerprint density at radius 3 is 2.69 bits per heavy atom. The maximum atomic E-state index is 13.0. The molecule has 2 amide bonds. The normalized spacial score (nSPS) is 21.4. The van der Waals surface area contributed by atoms with Crippen LogP contribution >= 0.6 is 0 Å². The first kappa shape index (κ1) is 31.1. The predicted octanol–water partition coefficient (Wildman–Crippen LogP) is 4.46. The van der Waals surface area contributed by atoms with Crippen LogP contribution in [0.4, 0.5) is 11.4 Å². The summed E-state index contributed by atoms with van der Waals surface area (Å²) in [5.41, 5.74) is 5.03. The number of anilines is 2. The van der Waals surface area contributed by atoms with Gasteiger partial charge in [0.25, 0.3) is 11.8 Å². The summed E-state index contributed by atoms with van der Waals surface area (Å²) in [7, 11) is 3.59. The lowest BCUT2D eigenvalue weighted by atomic mass is 9.87. The minimum atomic E-state index is -0.0335. The van der Waals surface area contributed by atoms with Gasteiger partial charge < -0.3 is 34.2 Å². The maximum Gasteiger partial charge on any atom is 0.265 e. The standard InChI is InChI=1S/C36H44N4O5/c1-38(36(42)28-7-4-3-5-8-28)30-16-19-39(23-30)29-12-10-27(11-13-29)31-15-17-37-22-34(31)44-24-26-9-14-33-32(21-26)40(18-6-20-43-2)35(41)25-45-33/h3-5,7-14,21,30-31,34,37H,6,15-20,22-25H2,1-2H3/t30-,31?,34?/m1/s1. The first-order chi connectivity index (χ1) is 22.0. The van der Waals surface area contributed by atoms with Gasteiger partial charge in [0.2, 0.25) is 0 Å². The van der Waals surface area contributed by atoms with Crippen LogP contribution in [0.1, 0.15) is 46.7 Å². The van der Waals surface area contributed by atoms with Crippen molar-refractivity contribution < 1.29 is 23.8 Å². The molecule has 0 saturated carbocycles. The van der Waals surface area contributed by atoms with E-state index in [9.17, 15) is 9.59 Å². The molecule has 2 saturated heterocycles. The second-order valence-electron chi connectivity index (χ2n) is 12.2. The van der Waals surface area contributed by atoms with Gasteiger partial charge in [0.05, 0.1) is 24.4 Å². The summed E-state index contributed by atoms with van der Waals surface area (Å²) < 4.78 is 17.4. The number of piperidine rings is 1. The first-order valence-corrected chi connectivity index (χ1v) is 16.1. The highest BCUT2D eigenvalue weighted by molar-refractivity contribution is 5.98. The van der Waals surface area contributed by atoms with E-state index in [2.05, 4.69) is 34.5 Å². The van der Waals surface area contributed by atoms with Crippen molar-refractivity contribution in [2.45, 2.75) is 43.9 Å². The number of rotatable bonds is 11. The number of hydrogen-bond acceptors (Lipinski definition) is 7. The third-order valence-corrected chi connectivity index (χ3v) is 9.33. The van der Waals surface area contributed by atoms with Gasteiger partial charge in [-0.3, -0.25) is 9.59 Å². The van der Waals surface area contributed by atoms with Crippen molar-refractivity contribution >= 4 is 23.2 Å². The van der Waals surface area contributed by atoms with Crippen LogP contribution in [0.3, 0.4) is 0 Å². The zero-order valence-electron chi connectivity index (χ0n) is 26.3. The highest BCUT2D eigenvalue weighted by Crippen LogP contribution is 2.35. The molecule has 0 spiro atoms. The van der Waals surface area contributed by atoms with E-state index in [1.54, 1.807) is 12.0 Å². The van der Waals surface area contributed by atoms with Crippen molar-refractivity contribution in [1.29, 1.82) is 0 Å². The number of benzene rings is 3. The molecular formula is C36H44N4O5. The fourth-order valence-corrected chi connectivity index (χ4v) is 6.71. The van der Waals surface area contributed by atoms with Crippen LogP contribution in [0, 0.1) is 0 Å². The number of nitrogens with zero attached hydrogens (tertiary/aromatic N) is 3. The minimum absolute atomic E-state index is 0.0325. The van der Waals surface area contributed by atoms with Crippen molar-refractivity contribution in [1.82, 2.24) is 10.2 Å². The predicted molar refractivity (Wildman–Crippen MR) is 175 cm³/mol. The van der Waals surface area contributed by atoms with Crippen LogP contribution in [0.5, 0.6) is 5.75 Å². The van der Waals surface area contributed by atoms with Gasteiger partial charge in [0.15, 0.2) is 6.61 Å². The average molecular weight is 613 g/mol. The summed E-state index contributed by atoms with van der Waals surface area (Å²) in [4.78, 5) is 31.7. The van der Waals surface area contributed by atoms with Crippen LogP contribution in [0.25, 0.3) is 0 Å². The van der Waals surface area contributed by atoms with Gasteiger partial charge in [-0.1, -0.05) is 36.4 Å². The molecule has 0 bridgehead atoms. The van der Waals surface area contributed by atoms with Crippen molar-refractivity contribution in [2.75, 3.05) is 69.9 Å². The van der Waals surface area contributed by atoms with Gasteiger partial charge in [-0.25, -0.2) is 0 Å². The molecule has 238 valence electrons. The van der Waals surface area contributed by atoms with E-state index >= 15 is 0 Å². The molecule has 0 aromatic heterocycles. The number of ether oxygens (including phenoxy) is 3. The Bertz CT molecular complexity index is 1450. The average Bonchev–Trinajstić information content (AvgIpc) is 3.59. The molecule has 3 heterocycles. The van der Waals surface area contributed by atoms with E-state index in [0.717, 1.165) is 68.0 Å². The van der Waals surface area contributed by atoms with Crippen LogP contribution in [-0.2, 0) is 20.9 Å². The van der Waals surface area contributed by atoms with Gasteiger partial charge in [0.1, 0.15) is 5.75 Å². The Kier molecular flexibility index (Phi) is 9.98. The van der Waals surface area contributed by atoms with Crippen molar-refractivity contribution in [3.05, 3.63) is 89.5 Å². The largest absolute Gasteiger partial charge is 0.482 e. The molecule has 3 aromatic carbocycles. The van der Waals surface area contributed by atoms with E-state index < -0.39 is 0 Å². The second-order valence-corrected chi connectivity index (χ2v) is 12.2. The van der Waals surface area contributed by atoms with E-state index in [1.807, 2.05) is 60.5 Å². The molecule has 3 aliphatic heterocycles. The van der Waals surface area contributed by atoms with Crippen LogP contribution in [-0.4, -0.2) is 89.0 Å². The van der Waals surface area contributed by atoms with Crippen LogP contribution in [0.2, 0.25) is 0 Å². The van der Waals surface area contributed by atoms with E-state index in [4.69, 9.17) is 14.2 Å². The summed E-state index contributed by atoms with van der Waals surface area (Å²) >= 11 is 0. The number of carbonyl (C=O) groups is 2. The topological polar surface area (TPSA) is 83.6 Å². The number of amides is 2. The lowest BCUT2D eigenvalue weighted by Crippen LogP contribution is -2.41. The fraction of sp³-hybridized carbons (Fsp3) is 0.444. The summed E-state index contributed by atoms with van der Waals surface area (Å²) in [6, 6.07) is 24.6. The van der Waals surface area contributed by atoms with Crippen LogP contribution < -0.4 is 19.9 Å². The second kappa shape index (κ2) is 14.5. The number of hydrogen-bond donors (Lipinski definition) is 1. The quantitative estimate of drug-likeness (QED) is 0.320. The number of methoxy groups -OCH3 is 1. The summed E-state index contributed by atoms with van der Waals surface area (Å²) in [6.45, 7) is 5.22. The fourth-order valence-electron chi connectivity index (χ4n) is 6.71. The van der Waals surface area contributed by atoms with E-state index in [1.165, 1.54) is 11.3 Å². The first-order valence-electron chi connectivity index (χ1n) is 16.1. The molecule has 2 fully saturated rings. The minimum Gasteiger partial charge on any atom is -0.482 e. The highest BCUT2D eigenvalue weighted by Gasteiger charge is 2.31. The zero-order valence-corrected chi connectivity index (χ0v) is 26.3. The van der Waals surface area contributed by atoms with Gasteiger partial charge in [-0.15, -0.1) is 0 Å². The Morgan fingerprint density at radius 2 is 1.89 bits per heavy atom. The zero-order chi connectivity index (χ0) is 31.2. The van der Waals surface area contributed by atoms with E-state index in [0.29, 0.717) is 19.8 Å². The Labute approximate surface area is 266 Å². The van der Waals surface area contributed by atoms with Crippen LogP contribution in [0.15, 0.2) is 72.8 Å². The van der Waals surface area contributed by atoms with Crippen molar-refractivity contribution in [2.24, 2.45) is 0 Å². The van der Waals surface area contributed by atoms with E-state index in [-0.39, 0.29) is 36.5 Å². The molecule has 3 aliphatic rings. The molecule has 3 aromatic rings. The molecule has 9 heteroatoms. The van der Waals surface area contributed by atoms with Crippen molar-refractivity contribution in [3.8, 4) is 5.75 Å². The molecule has 2 unspecified atom stereocenters. The van der Waals surface area contributed by atoms with Gasteiger partial charge in [0, 0.05) is 64.1 Å². The molecule has 9 nitrogen and oxygen atoms in total. The SMILES string of the molecule is COCCCN1C(=O)COc2ccc(COC3CNCCC3c3ccc(N4CC[C@@H](N(C)C(=O)c5ccccc5)C4)cc3)cc21. The molecule has 3 atom stereocenters. The van der Waals surface area contributed by atoms with Gasteiger partial charge >= 0.3 is 0 Å². The molecule has 45 heavy (non-hydrogen) atoms. The highest BCUT2D eigenvalue weighted by atomic mass is 16.5. The maximum absolute atomic E-state index is 13.0. The van der Waals surface area contributed by atoms with Gasteiger partial charge in [-0.2, -0.15) is 0 Å². The Balaban J connectivity index is 1.07. The number of likely N-dealkylation sites (N-methyl/N-ethyl adjacent to an activating group) is 1.